The third-order valence-corrected chi connectivity index (χ3v) is 3.31. The Labute approximate surface area is 108 Å². The van der Waals surface area contributed by atoms with Crippen LogP contribution in [0.1, 0.15) is 30.3 Å². The zero-order valence-corrected chi connectivity index (χ0v) is 11.2. The van der Waals surface area contributed by atoms with Crippen molar-refractivity contribution in [2.75, 3.05) is 0 Å². The summed E-state index contributed by atoms with van der Waals surface area (Å²) in [7, 11) is 0. The van der Waals surface area contributed by atoms with Crippen LogP contribution in [0.4, 0.5) is 0 Å². The van der Waals surface area contributed by atoms with E-state index in [-0.39, 0.29) is 5.78 Å². The second-order valence-corrected chi connectivity index (χ2v) is 4.83. The number of furan rings is 1. The van der Waals surface area contributed by atoms with Crippen LogP contribution in [0.25, 0.3) is 11.0 Å². The second kappa shape index (κ2) is 4.88. The predicted molar refractivity (Wildman–Crippen MR) is 72.3 cm³/mol. The molecular formula is C14H13BrO2. The summed E-state index contributed by atoms with van der Waals surface area (Å²) in [6.07, 6.45) is 1.17. The summed E-state index contributed by atoms with van der Waals surface area (Å²) < 4.78 is 6.43. The highest BCUT2D eigenvalue weighted by Crippen LogP contribution is 2.27. The number of rotatable bonds is 4. The van der Waals surface area contributed by atoms with Gasteiger partial charge in [0.05, 0.1) is 4.47 Å². The molecule has 0 aliphatic heterocycles. The van der Waals surface area contributed by atoms with Gasteiger partial charge < -0.3 is 4.42 Å². The van der Waals surface area contributed by atoms with Crippen LogP contribution < -0.4 is 0 Å². The standard InChI is InChI=1S/C14H13BrO2/c1-3-9(2)7-12(16)13-8-10-5-4-6-11(15)14(10)17-13/h4-6,8H,2-3,7H2,1H3. The van der Waals surface area contributed by atoms with Crippen LogP contribution in [0, 0.1) is 0 Å². The Kier molecular flexibility index (Phi) is 3.48. The Bertz CT molecular complexity index is 581. The summed E-state index contributed by atoms with van der Waals surface area (Å²) in [5, 5.41) is 0.935. The number of fused-ring (bicyclic) bond motifs is 1. The molecule has 88 valence electrons. The Morgan fingerprint density at radius 3 is 2.88 bits per heavy atom. The smallest absolute Gasteiger partial charge is 0.202 e. The average molecular weight is 293 g/mol. The zero-order chi connectivity index (χ0) is 12.4. The van der Waals surface area contributed by atoms with Crippen LogP contribution in [0.2, 0.25) is 0 Å². The quantitative estimate of drug-likeness (QED) is 0.602. The molecule has 0 spiro atoms. The largest absolute Gasteiger partial charge is 0.452 e. The van der Waals surface area contributed by atoms with E-state index in [2.05, 4.69) is 22.5 Å². The van der Waals surface area contributed by atoms with E-state index in [0.717, 1.165) is 27.4 Å². The number of hydrogen-bond acceptors (Lipinski definition) is 2. The minimum absolute atomic E-state index is 0.0139. The molecule has 0 saturated heterocycles. The third kappa shape index (κ3) is 2.50. The molecule has 0 aliphatic carbocycles. The first-order chi connectivity index (χ1) is 8.11. The van der Waals surface area contributed by atoms with Gasteiger partial charge in [-0.25, -0.2) is 0 Å². The first kappa shape index (κ1) is 12.1. The second-order valence-electron chi connectivity index (χ2n) is 3.97. The summed E-state index contributed by atoms with van der Waals surface area (Å²) in [6, 6.07) is 7.52. The lowest BCUT2D eigenvalue weighted by molar-refractivity contribution is 0.0968. The van der Waals surface area contributed by atoms with Gasteiger partial charge in [0.25, 0.3) is 0 Å². The normalized spacial score (nSPS) is 10.7. The van der Waals surface area contributed by atoms with Gasteiger partial charge in [0.2, 0.25) is 5.78 Å². The molecule has 1 heterocycles. The number of para-hydroxylation sites is 1. The van der Waals surface area contributed by atoms with E-state index in [9.17, 15) is 4.79 Å². The fourth-order valence-corrected chi connectivity index (χ4v) is 2.07. The Balaban J connectivity index is 2.34. The topological polar surface area (TPSA) is 30.2 Å². The van der Waals surface area contributed by atoms with Crippen molar-refractivity contribution in [1.82, 2.24) is 0 Å². The lowest BCUT2D eigenvalue weighted by atomic mass is 10.1. The molecule has 1 aromatic heterocycles. The van der Waals surface area contributed by atoms with E-state index in [1.807, 2.05) is 25.1 Å². The number of hydrogen-bond donors (Lipinski definition) is 0. The van der Waals surface area contributed by atoms with Crippen molar-refractivity contribution >= 4 is 32.7 Å². The highest BCUT2D eigenvalue weighted by atomic mass is 79.9. The minimum atomic E-state index is -0.0139. The van der Waals surface area contributed by atoms with Crippen molar-refractivity contribution in [3.63, 3.8) is 0 Å². The van der Waals surface area contributed by atoms with Crippen molar-refractivity contribution in [3.05, 3.63) is 46.7 Å². The Hall–Kier alpha value is -1.35. The zero-order valence-electron chi connectivity index (χ0n) is 9.63. The molecule has 2 rings (SSSR count). The molecule has 0 bridgehead atoms. The molecule has 0 amide bonds. The van der Waals surface area contributed by atoms with E-state index in [1.165, 1.54) is 0 Å². The van der Waals surface area contributed by atoms with Gasteiger partial charge >= 0.3 is 0 Å². The van der Waals surface area contributed by atoms with Crippen molar-refractivity contribution in [2.45, 2.75) is 19.8 Å². The first-order valence-electron chi connectivity index (χ1n) is 5.49. The number of ketones is 1. The van der Waals surface area contributed by atoms with Gasteiger partial charge in [-0.15, -0.1) is 0 Å². The Morgan fingerprint density at radius 1 is 1.47 bits per heavy atom. The molecule has 0 N–H and O–H groups in total. The van der Waals surface area contributed by atoms with E-state index in [1.54, 1.807) is 6.07 Å². The van der Waals surface area contributed by atoms with Crippen LogP contribution >= 0.6 is 15.9 Å². The first-order valence-corrected chi connectivity index (χ1v) is 6.29. The van der Waals surface area contributed by atoms with Crippen LogP contribution in [-0.4, -0.2) is 5.78 Å². The molecule has 0 atom stereocenters. The fourth-order valence-electron chi connectivity index (χ4n) is 1.60. The molecule has 0 fully saturated rings. The van der Waals surface area contributed by atoms with Gasteiger partial charge in [-0.05, 0) is 34.5 Å². The maximum Gasteiger partial charge on any atom is 0.202 e. The van der Waals surface area contributed by atoms with Gasteiger partial charge in [-0.3, -0.25) is 4.79 Å². The molecule has 2 nitrogen and oxygen atoms in total. The Morgan fingerprint density at radius 2 is 2.24 bits per heavy atom. The summed E-state index contributed by atoms with van der Waals surface area (Å²) in [5.74, 6) is 0.390. The highest BCUT2D eigenvalue weighted by Gasteiger charge is 2.14. The number of carbonyl (C=O) groups is 1. The number of carbonyl (C=O) groups excluding carboxylic acids is 1. The predicted octanol–water partition coefficient (Wildman–Crippen LogP) is 4.73. The summed E-state index contributed by atoms with van der Waals surface area (Å²) in [5.41, 5.74) is 1.65. The molecule has 3 heteroatoms. The molecule has 0 radical (unpaired) electrons. The van der Waals surface area contributed by atoms with Crippen LogP contribution in [-0.2, 0) is 0 Å². The molecule has 17 heavy (non-hydrogen) atoms. The number of halogens is 1. The van der Waals surface area contributed by atoms with Crippen LogP contribution in [0.15, 0.2) is 45.3 Å². The number of Topliss-reactive ketones (excluding diaryl/α,β-unsaturated/α-hetero) is 1. The van der Waals surface area contributed by atoms with Crippen LogP contribution in [0.5, 0.6) is 0 Å². The SMILES string of the molecule is C=C(CC)CC(=O)c1cc2cccc(Br)c2o1. The van der Waals surface area contributed by atoms with E-state index in [4.69, 9.17) is 4.42 Å². The molecule has 1 aromatic carbocycles. The lowest BCUT2D eigenvalue weighted by Gasteiger charge is -1.98. The third-order valence-electron chi connectivity index (χ3n) is 2.68. The highest BCUT2D eigenvalue weighted by molar-refractivity contribution is 9.10. The van der Waals surface area contributed by atoms with Crippen molar-refractivity contribution in [2.24, 2.45) is 0 Å². The molecule has 0 aliphatic rings. The maximum absolute atomic E-state index is 11.9. The fraction of sp³-hybridized carbons (Fsp3) is 0.214. The van der Waals surface area contributed by atoms with E-state index < -0.39 is 0 Å². The van der Waals surface area contributed by atoms with Gasteiger partial charge in [-0.1, -0.05) is 31.2 Å². The summed E-state index contributed by atoms with van der Waals surface area (Å²) >= 11 is 3.40. The van der Waals surface area contributed by atoms with Crippen molar-refractivity contribution in [1.29, 1.82) is 0 Å². The number of benzene rings is 1. The van der Waals surface area contributed by atoms with E-state index in [0.29, 0.717) is 12.2 Å². The molecular weight excluding hydrogens is 280 g/mol. The molecule has 0 unspecified atom stereocenters. The van der Waals surface area contributed by atoms with Crippen molar-refractivity contribution in [3.8, 4) is 0 Å². The lowest BCUT2D eigenvalue weighted by Crippen LogP contribution is -1.97. The average Bonchev–Trinajstić information content (AvgIpc) is 2.74. The van der Waals surface area contributed by atoms with Crippen LogP contribution in [0.3, 0.4) is 0 Å². The monoisotopic (exact) mass is 292 g/mol. The summed E-state index contributed by atoms with van der Waals surface area (Å²) in [4.78, 5) is 11.9. The number of allylic oxidation sites excluding steroid dienone is 1. The minimum Gasteiger partial charge on any atom is -0.452 e. The van der Waals surface area contributed by atoms with Gasteiger partial charge in [0.15, 0.2) is 5.76 Å². The van der Waals surface area contributed by atoms with Gasteiger partial charge in [0, 0.05) is 11.8 Å². The summed E-state index contributed by atoms with van der Waals surface area (Å²) in [6.45, 7) is 5.83. The van der Waals surface area contributed by atoms with Crippen molar-refractivity contribution < 1.29 is 9.21 Å². The van der Waals surface area contributed by atoms with Gasteiger partial charge in [0.1, 0.15) is 5.58 Å². The maximum atomic E-state index is 11.9. The molecule has 2 aromatic rings. The van der Waals surface area contributed by atoms with E-state index >= 15 is 0 Å². The molecule has 0 saturated carbocycles. The van der Waals surface area contributed by atoms with Gasteiger partial charge in [-0.2, -0.15) is 0 Å².